The molecule has 0 spiro atoms. The Labute approximate surface area is 184 Å². The third-order valence-electron chi connectivity index (χ3n) is 4.78. The van der Waals surface area contributed by atoms with Crippen molar-refractivity contribution in [1.29, 1.82) is 0 Å². The van der Waals surface area contributed by atoms with Crippen LogP contribution in [0.25, 0.3) is 0 Å². The van der Waals surface area contributed by atoms with E-state index in [-0.39, 0.29) is 24.5 Å². The number of rotatable bonds is 10. The lowest BCUT2D eigenvalue weighted by atomic mass is 10.1. The quantitative estimate of drug-likeness (QED) is 0.598. The number of aryl methyl sites for hydroxylation is 1. The number of hydrogen-bond acceptors (Lipinski definition) is 3. The Morgan fingerprint density at radius 2 is 1.60 bits per heavy atom. The molecule has 0 radical (unpaired) electrons. The molecule has 2 amide bonds. The standard InChI is InChI=1S/C24H31ClN2O3/c1-5-18-9-13-21(14-10-18)30-16-23(28)27(15-19-7-11-20(25)12-8-19)22(6-2)24(29)26-17(3)4/h7-14,17,22H,5-6,15-16H2,1-4H3,(H,26,29)/t22-/m0/s1. The van der Waals surface area contributed by atoms with E-state index < -0.39 is 6.04 Å². The average Bonchev–Trinajstić information content (AvgIpc) is 2.73. The molecule has 6 heteroatoms. The van der Waals surface area contributed by atoms with Gasteiger partial charge in [-0.1, -0.05) is 49.7 Å². The Bertz CT molecular complexity index is 819. The van der Waals surface area contributed by atoms with Crippen molar-refractivity contribution < 1.29 is 14.3 Å². The van der Waals surface area contributed by atoms with Crippen LogP contribution in [0, 0.1) is 0 Å². The van der Waals surface area contributed by atoms with Crippen molar-refractivity contribution in [2.75, 3.05) is 6.61 Å². The van der Waals surface area contributed by atoms with Crippen LogP contribution >= 0.6 is 11.6 Å². The Kier molecular flexibility index (Phi) is 9.18. The third kappa shape index (κ3) is 7.06. The lowest BCUT2D eigenvalue weighted by Crippen LogP contribution is -2.51. The Hall–Kier alpha value is -2.53. The van der Waals surface area contributed by atoms with Crippen LogP contribution in [0.4, 0.5) is 0 Å². The molecule has 0 aliphatic carbocycles. The molecule has 0 unspecified atom stereocenters. The predicted octanol–water partition coefficient (Wildman–Crippen LogP) is 4.61. The summed E-state index contributed by atoms with van der Waals surface area (Å²) in [5, 5.41) is 3.54. The summed E-state index contributed by atoms with van der Waals surface area (Å²) in [6.45, 7) is 7.96. The molecule has 0 aliphatic heterocycles. The lowest BCUT2D eigenvalue weighted by molar-refractivity contribution is -0.143. The van der Waals surface area contributed by atoms with Crippen molar-refractivity contribution in [1.82, 2.24) is 10.2 Å². The minimum Gasteiger partial charge on any atom is -0.484 e. The number of amides is 2. The molecule has 30 heavy (non-hydrogen) atoms. The van der Waals surface area contributed by atoms with Gasteiger partial charge in [0.2, 0.25) is 5.91 Å². The van der Waals surface area contributed by atoms with Crippen LogP contribution in [0.1, 0.15) is 45.2 Å². The Morgan fingerprint density at radius 3 is 2.13 bits per heavy atom. The van der Waals surface area contributed by atoms with Crippen molar-refractivity contribution in [2.24, 2.45) is 0 Å². The van der Waals surface area contributed by atoms with E-state index in [1.165, 1.54) is 5.56 Å². The molecular formula is C24H31ClN2O3. The van der Waals surface area contributed by atoms with Gasteiger partial charge in [0.25, 0.3) is 5.91 Å². The van der Waals surface area contributed by atoms with Crippen LogP contribution in [-0.2, 0) is 22.6 Å². The zero-order valence-electron chi connectivity index (χ0n) is 18.2. The monoisotopic (exact) mass is 430 g/mol. The molecule has 0 aromatic heterocycles. The van der Waals surface area contributed by atoms with Gasteiger partial charge in [0.1, 0.15) is 11.8 Å². The molecule has 2 aromatic rings. The summed E-state index contributed by atoms with van der Waals surface area (Å²) in [4.78, 5) is 27.4. The summed E-state index contributed by atoms with van der Waals surface area (Å²) in [7, 11) is 0. The molecule has 162 valence electrons. The minimum atomic E-state index is -0.582. The highest BCUT2D eigenvalue weighted by Gasteiger charge is 2.29. The molecule has 2 aromatic carbocycles. The van der Waals surface area contributed by atoms with E-state index in [1.807, 2.05) is 57.2 Å². The molecule has 1 N–H and O–H groups in total. The average molecular weight is 431 g/mol. The highest BCUT2D eigenvalue weighted by atomic mass is 35.5. The number of carbonyl (C=O) groups excluding carboxylic acids is 2. The zero-order chi connectivity index (χ0) is 22.1. The van der Waals surface area contributed by atoms with Gasteiger partial charge in [-0.15, -0.1) is 0 Å². The van der Waals surface area contributed by atoms with Crippen LogP contribution in [0.2, 0.25) is 5.02 Å². The second-order valence-corrected chi connectivity index (χ2v) is 7.96. The maximum Gasteiger partial charge on any atom is 0.261 e. The molecule has 0 heterocycles. The zero-order valence-corrected chi connectivity index (χ0v) is 18.9. The summed E-state index contributed by atoms with van der Waals surface area (Å²) < 4.78 is 5.72. The highest BCUT2D eigenvalue weighted by Crippen LogP contribution is 2.17. The van der Waals surface area contributed by atoms with E-state index in [0.29, 0.717) is 23.7 Å². The molecule has 0 saturated heterocycles. The van der Waals surface area contributed by atoms with Gasteiger partial charge in [-0.2, -0.15) is 0 Å². The molecular weight excluding hydrogens is 400 g/mol. The number of nitrogens with one attached hydrogen (secondary N) is 1. The molecule has 5 nitrogen and oxygen atoms in total. The minimum absolute atomic E-state index is 0.00707. The fourth-order valence-corrected chi connectivity index (χ4v) is 3.26. The van der Waals surface area contributed by atoms with E-state index in [0.717, 1.165) is 12.0 Å². The molecule has 0 saturated carbocycles. The van der Waals surface area contributed by atoms with Gasteiger partial charge in [0, 0.05) is 17.6 Å². The number of nitrogens with zero attached hydrogens (tertiary/aromatic N) is 1. The summed E-state index contributed by atoms with van der Waals surface area (Å²) in [5.41, 5.74) is 2.10. The van der Waals surface area contributed by atoms with Crippen molar-refractivity contribution in [2.45, 2.75) is 59.2 Å². The van der Waals surface area contributed by atoms with Gasteiger partial charge in [-0.3, -0.25) is 9.59 Å². The van der Waals surface area contributed by atoms with Crippen molar-refractivity contribution >= 4 is 23.4 Å². The Balaban J connectivity index is 2.17. The summed E-state index contributed by atoms with van der Waals surface area (Å²) in [5.74, 6) is 0.226. The van der Waals surface area contributed by atoms with E-state index in [9.17, 15) is 9.59 Å². The number of carbonyl (C=O) groups is 2. The van der Waals surface area contributed by atoms with Gasteiger partial charge >= 0.3 is 0 Å². The number of ether oxygens (including phenoxy) is 1. The maximum atomic E-state index is 13.1. The number of halogens is 1. The van der Waals surface area contributed by atoms with Crippen molar-refractivity contribution in [3.8, 4) is 5.75 Å². The van der Waals surface area contributed by atoms with E-state index >= 15 is 0 Å². The van der Waals surface area contributed by atoms with Gasteiger partial charge in [0.15, 0.2) is 6.61 Å². The van der Waals surface area contributed by atoms with Crippen LogP contribution in [-0.4, -0.2) is 35.4 Å². The second kappa shape index (κ2) is 11.6. The molecule has 1 atom stereocenters. The number of hydrogen-bond donors (Lipinski definition) is 1. The van der Waals surface area contributed by atoms with Gasteiger partial charge in [-0.05, 0) is 62.1 Å². The van der Waals surface area contributed by atoms with Crippen LogP contribution in [0.3, 0.4) is 0 Å². The summed E-state index contributed by atoms with van der Waals surface area (Å²) in [6.07, 6.45) is 1.44. The second-order valence-electron chi connectivity index (χ2n) is 7.52. The first kappa shape index (κ1) is 23.7. The largest absolute Gasteiger partial charge is 0.484 e. The van der Waals surface area contributed by atoms with Crippen LogP contribution in [0.15, 0.2) is 48.5 Å². The van der Waals surface area contributed by atoms with E-state index in [1.54, 1.807) is 17.0 Å². The normalized spacial score (nSPS) is 11.8. The van der Waals surface area contributed by atoms with Gasteiger partial charge < -0.3 is 15.0 Å². The fraction of sp³-hybridized carbons (Fsp3) is 0.417. The molecule has 0 aliphatic rings. The van der Waals surface area contributed by atoms with E-state index in [2.05, 4.69) is 12.2 Å². The van der Waals surface area contributed by atoms with Crippen molar-refractivity contribution in [3.63, 3.8) is 0 Å². The maximum absolute atomic E-state index is 13.1. The summed E-state index contributed by atoms with van der Waals surface area (Å²) >= 11 is 5.98. The van der Waals surface area contributed by atoms with Crippen LogP contribution < -0.4 is 10.1 Å². The summed E-state index contributed by atoms with van der Waals surface area (Å²) in [6, 6.07) is 14.4. The first-order chi connectivity index (χ1) is 14.3. The number of benzene rings is 2. The van der Waals surface area contributed by atoms with Crippen LogP contribution in [0.5, 0.6) is 5.75 Å². The van der Waals surface area contributed by atoms with E-state index in [4.69, 9.17) is 16.3 Å². The third-order valence-corrected chi connectivity index (χ3v) is 5.03. The first-order valence-corrected chi connectivity index (χ1v) is 10.8. The first-order valence-electron chi connectivity index (χ1n) is 10.4. The lowest BCUT2D eigenvalue weighted by Gasteiger charge is -2.31. The smallest absolute Gasteiger partial charge is 0.261 e. The van der Waals surface area contributed by atoms with Gasteiger partial charge in [-0.25, -0.2) is 0 Å². The van der Waals surface area contributed by atoms with Gasteiger partial charge in [0.05, 0.1) is 0 Å². The SMILES string of the molecule is CCc1ccc(OCC(=O)N(Cc2ccc(Cl)cc2)[C@@H](CC)C(=O)NC(C)C)cc1. The van der Waals surface area contributed by atoms with Crippen molar-refractivity contribution in [3.05, 3.63) is 64.7 Å². The molecule has 0 fully saturated rings. The topological polar surface area (TPSA) is 58.6 Å². The molecule has 2 rings (SSSR count). The molecule has 0 bridgehead atoms. The predicted molar refractivity (Wildman–Crippen MR) is 121 cm³/mol. The fourth-order valence-electron chi connectivity index (χ4n) is 3.14. The highest BCUT2D eigenvalue weighted by molar-refractivity contribution is 6.30. The Morgan fingerprint density at radius 1 is 1.00 bits per heavy atom.